The number of rotatable bonds is 3. The Kier molecular flexibility index (Phi) is 4.18. The molecule has 4 nitrogen and oxygen atoms in total. The molecule has 2 aromatic rings. The average molecular weight is 287 g/mol. The number of nitrogens with zero attached hydrogens (tertiary/aromatic N) is 1. The van der Waals surface area contributed by atoms with E-state index < -0.39 is 0 Å². The van der Waals surface area contributed by atoms with Crippen LogP contribution in [0.1, 0.15) is 6.42 Å². The van der Waals surface area contributed by atoms with Crippen molar-refractivity contribution in [3.05, 3.63) is 36.5 Å². The standard InChI is InChI=1S/C15H17N3OS/c19-15(9-11-10-20-8-7-16-11)18-14-5-1-4-13-12(14)3-2-6-17-13/h1-6,11,16H,7-10H2,(H,18,19). The van der Waals surface area contributed by atoms with Crippen LogP contribution in [-0.4, -0.2) is 35.0 Å². The van der Waals surface area contributed by atoms with E-state index in [1.54, 1.807) is 6.20 Å². The number of amides is 1. The highest BCUT2D eigenvalue weighted by Crippen LogP contribution is 2.21. The number of anilines is 1. The van der Waals surface area contributed by atoms with E-state index in [-0.39, 0.29) is 11.9 Å². The molecule has 0 radical (unpaired) electrons. The Hall–Kier alpha value is -1.59. The molecule has 1 unspecified atom stereocenters. The molecule has 5 heteroatoms. The maximum absolute atomic E-state index is 12.1. The van der Waals surface area contributed by atoms with Gasteiger partial charge in [-0.15, -0.1) is 0 Å². The lowest BCUT2D eigenvalue weighted by molar-refractivity contribution is -0.116. The fourth-order valence-electron chi connectivity index (χ4n) is 2.39. The SMILES string of the molecule is O=C(CC1CSCCN1)Nc1cccc2ncccc12. The normalized spacial score (nSPS) is 18.9. The van der Waals surface area contributed by atoms with E-state index in [0.717, 1.165) is 34.6 Å². The lowest BCUT2D eigenvalue weighted by Gasteiger charge is -2.22. The Labute approximate surface area is 122 Å². The van der Waals surface area contributed by atoms with Crippen LogP contribution in [0.15, 0.2) is 36.5 Å². The van der Waals surface area contributed by atoms with E-state index in [2.05, 4.69) is 15.6 Å². The first kappa shape index (κ1) is 13.4. The Balaban J connectivity index is 1.71. The minimum atomic E-state index is 0.0568. The molecule has 1 amide bonds. The van der Waals surface area contributed by atoms with Crippen molar-refractivity contribution in [1.82, 2.24) is 10.3 Å². The minimum Gasteiger partial charge on any atom is -0.325 e. The number of thioether (sulfide) groups is 1. The average Bonchev–Trinajstić information content (AvgIpc) is 2.48. The molecular weight excluding hydrogens is 270 g/mol. The Morgan fingerprint density at radius 2 is 2.35 bits per heavy atom. The highest BCUT2D eigenvalue weighted by atomic mass is 32.2. The fraction of sp³-hybridized carbons (Fsp3) is 0.333. The summed E-state index contributed by atoms with van der Waals surface area (Å²) < 4.78 is 0. The molecule has 3 rings (SSSR count). The lowest BCUT2D eigenvalue weighted by Crippen LogP contribution is -2.39. The Morgan fingerprint density at radius 1 is 1.40 bits per heavy atom. The summed E-state index contributed by atoms with van der Waals surface area (Å²) in [6.07, 6.45) is 2.28. The number of nitrogens with one attached hydrogen (secondary N) is 2. The van der Waals surface area contributed by atoms with Crippen LogP contribution in [0.5, 0.6) is 0 Å². The molecule has 1 saturated heterocycles. The molecule has 0 bridgehead atoms. The predicted octanol–water partition coefficient (Wildman–Crippen LogP) is 2.27. The summed E-state index contributed by atoms with van der Waals surface area (Å²) in [6.45, 7) is 0.987. The second kappa shape index (κ2) is 6.24. The molecule has 1 atom stereocenters. The van der Waals surface area contributed by atoms with Gasteiger partial charge >= 0.3 is 0 Å². The molecule has 2 N–H and O–H groups in total. The van der Waals surface area contributed by atoms with Gasteiger partial charge in [0.05, 0.1) is 11.2 Å². The van der Waals surface area contributed by atoms with Crippen LogP contribution < -0.4 is 10.6 Å². The van der Waals surface area contributed by atoms with E-state index in [9.17, 15) is 4.79 Å². The second-order valence-electron chi connectivity index (χ2n) is 4.85. The lowest BCUT2D eigenvalue weighted by atomic mass is 10.1. The number of pyridine rings is 1. The molecule has 1 aromatic carbocycles. The highest BCUT2D eigenvalue weighted by molar-refractivity contribution is 7.99. The third kappa shape index (κ3) is 3.11. The predicted molar refractivity (Wildman–Crippen MR) is 84.1 cm³/mol. The van der Waals surface area contributed by atoms with Crippen molar-refractivity contribution < 1.29 is 4.79 Å². The third-order valence-electron chi connectivity index (χ3n) is 3.35. The quantitative estimate of drug-likeness (QED) is 0.909. The maximum atomic E-state index is 12.1. The third-order valence-corrected chi connectivity index (χ3v) is 4.48. The zero-order valence-corrected chi connectivity index (χ0v) is 12.0. The van der Waals surface area contributed by atoms with E-state index in [4.69, 9.17) is 0 Å². The fourth-order valence-corrected chi connectivity index (χ4v) is 3.34. The smallest absolute Gasteiger partial charge is 0.225 e. The van der Waals surface area contributed by atoms with E-state index in [1.165, 1.54) is 0 Å². The molecule has 0 saturated carbocycles. The van der Waals surface area contributed by atoms with Gasteiger partial charge < -0.3 is 10.6 Å². The number of hydrogen-bond acceptors (Lipinski definition) is 4. The molecule has 20 heavy (non-hydrogen) atoms. The van der Waals surface area contributed by atoms with Gasteiger partial charge in [0.15, 0.2) is 0 Å². The van der Waals surface area contributed by atoms with Crippen LogP contribution in [0.3, 0.4) is 0 Å². The van der Waals surface area contributed by atoms with Crippen molar-refractivity contribution in [2.24, 2.45) is 0 Å². The summed E-state index contributed by atoms with van der Waals surface area (Å²) in [6, 6.07) is 9.93. The van der Waals surface area contributed by atoms with Gasteiger partial charge in [0.1, 0.15) is 0 Å². The van der Waals surface area contributed by atoms with Gasteiger partial charge in [-0.05, 0) is 24.3 Å². The molecule has 2 heterocycles. The Morgan fingerprint density at radius 3 is 3.20 bits per heavy atom. The largest absolute Gasteiger partial charge is 0.325 e. The first-order valence-corrected chi connectivity index (χ1v) is 7.93. The van der Waals surface area contributed by atoms with E-state index >= 15 is 0 Å². The maximum Gasteiger partial charge on any atom is 0.225 e. The molecule has 1 fully saturated rings. The summed E-state index contributed by atoms with van der Waals surface area (Å²) in [5.41, 5.74) is 1.74. The summed E-state index contributed by atoms with van der Waals surface area (Å²) in [4.78, 5) is 16.4. The molecule has 1 aliphatic rings. The van der Waals surface area contributed by atoms with Crippen LogP contribution in [0, 0.1) is 0 Å². The summed E-state index contributed by atoms with van der Waals surface area (Å²) in [5, 5.41) is 7.36. The van der Waals surface area contributed by atoms with Gasteiger partial charge in [-0.3, -0.25) is 9.78 Å². The topological polar surface area (TPSA) is 54.0 Å². The van der Waals surface area contributed by atoms with Gasteiger partial charge in [-0.1, -0.05) is 6.07 Å². The number of hydrogen-bond donors (Lipinski definition) is 2. The van der Waals surface area contributed by atoms with Gasteiger partial charge in [0.2, 0.25) is 5.91 Å². The first-order chi connectivity index (χ1) is 9.83. The second-order valence-corrected chi connectivity index (χ2v) is 6.00. The van der Waals surface area contributed by atoms with Crippen molar-refractivity contribution in [2.75, 3.05) is 23.4 Å². The zero-order valence-electron chi connectivity index (χ0n) is 11.1. The summed E-state index contributed by atoms with van der Waals surface area (Å²) in [7, 11) is 0. The van der Waals surface area contributed by atoms with Gasteiger partial charge in [-0.25, -0.2) is 0 Å². The van der Waals surface area contributed by atoms with Crippen LogP contribution in [-0.2, 0) is 4.79 Å². The van der Waals surface area contributed by atoms with Crippen molar-refractivity contribution in [3.63, 3.8) is 0 Å². The zero-order chi connectivity index (χ0) is 13.8. The van der Waals surface area contributed by atoms with Crippen molar-refractivity contribution in [1.29, 1.82) is 0 Å². The summed E-state index contributed by atoms with van der Waals surface area (Å²) >= 11 is 1.90. The van der Waals surface area contributed by atoms with Crippen molar-refractivity contribution in [3.8, 4) is 0 Å². The Bertz CT molecular complexity index is 606. The van der Waals surface area contributed by atoms with Gasteiger partial charge in [0, 0.05) is 42.1 Å². The number of carbonyl (C=O) groups is 1. The van der Waals surface area contributed by atoms with Crippen molar-refractivity contribution in [2.45, 2.75) is 12.5 Å². The summed E-state index contributed by atoms with van der Waals surface area (Å²) in [5.74, 6) is 2.19. The molecule has 1 aromatic heterocycles. The van der Waals surface area contributed by atoms with Crippen molar-refractivity contribution >= 4 is 34.3 Å². The van der Waals surface area contributed by atoms with Crippen LogP contribution in [0.2, 0.25) is 0 Å². The molecule has 104 valence electrons. The number of fused-ring (bicyclic) bond motifs is 1. The minimum absolute atomic E-state index is 0.0568. The van der Waals surface area contributed by atoms with Crippen LogP contribution >= 0.6 is 11.8 Å². The molecule has 0 aliphatic carbocycles. The first-order valence-electron chi connectivity index (χ1n) is 6.77. The molecule has 0 spiro atoms. The van der Waals surface area contributed by atoms with Crippen LogP contribution in [0.4, 0.5) is 5.69 Å². The van der Waals surface area contributed by atoms with E-state index in [0.29, 0.717) is 6.42 Å². The molecular formula is C15H17N3OS. The van der Waals surface area contributed by atoms with Crippen LogP contribution in [0.25, 0.3) is 10.9 Å². The van der Waals surface area contributed by atoms with E-state index in [1.807, 2.05) is 42.1 Å². The monoisotopic (exact) mass is 287 g/mol. The highest BCUT2D eigenvalue weighted by Gasteiger charge is 2.17. The number of aromatic nitrogens is 1. The van der Waals surface area contributed by atoms with Gasteiger partial charge in [-0.2, -0.15) is 11.8 Å². The molecule has 1 aliphatic heterocycles. The number of carbonyl (C=O) groups excluding carboxylic acids is 1. The number of benzene rings is 1. The van der Waals surface area contributed by atoms with Gasteiger partial charge in [0.25, 0.3) is 0 Å².